The maximum Gasteiger partial charge on any atom is 0.338 e. The Morgan fingerprint density at radius 1 is 1.44 bits per heavy atom. The van der Waals surface area contributed by atoms with Crippen LogP contribution in [0.25, 0.3) is 0 Å². The zero-order chi connectivity index (χ0) is 12.1. The monoisotopic (exact) mass is 239 g/mol. The number of hydrogen-bond acceptors (Lipinski definition) is 5. The highest BCUT2D eigenvalue weighted by Gasteiger charge is 2.07. The van der Waals surface area contributed by atoms with Gasteiger partial charge in [-0.25, -0.2) is 4.79 Å². The third-order valence-electron chi connectivity index (χ3n) is 1.56. The molecule has 0 N–H and O–H groups in total. The van der Waals surface area contributed by atoms with Gasteiger partial charge in [-0.3, -0.25) is 10.1 Å². The van der Waals surface area contributed by atoms with Crippen molar-refractivity contribution < 1.29 is 13.9 Å². The summed E-state index contributed by atoms with van der Waals surface area (Å²) in [6.07, 6.45) is 0. The van der Waals surface area contributed by atoms with Gasteiger partial charge in [-0.1, -0.05) is 6.58 Å². The second-order valence-electron chi connectivity index (χ2n) is 2.96. The van der Waals surface area contributed by atoms with Crippen LogP contribution in [-0.4, -0.2) is 10.3 Å². The van der Waals surface area contributed by atoms with Gasteiger partial charge in [-0.2, -0.15) is 0 Å². The lowest BCUT2D eigenvalue weighted by molar-refractivity contribution is -0.284. The second-order valence-corrected chi connectivity index (χ2v) is 3.91. The van der Waals surface area contributed by atoms with Gasteiger partial charge in [0.05, 0.1) is 4.90 Å². The van der Waals surface area contributed by atoms with E-state index in [0.29, 0.717) is 28.2 Å². The predicted molar refractivity (Wildman–Crippen MR) is 59.7 cm³/mol. The van der Waals surface area contributed by atoms with E-state index in [4.69, 9.17) is 4.74 Å². The Morgan fingerprint density at radius 2 is 2.00 bits per heavy atom. The first-order valence-electron chi connectivity index (χ1n) is 4.29. The van der Waals surface area contributed by atoms with E-state index in [2.05, 4.69) is 6.58 Å². The molecule has 6 heteroatoms. The Labute approximate surface area is 96.4 Å². The molecular weight excluding hydrogens is 230 g/mol. The first-order chi connectivity index (χ1) is 7.49. The number of esters is 1. The van der Waals surface area contributed by atoms with Crippen LogP contribution >= 0.6 is 11.9 Å². The molecule has 0 unspecified atom stereocenters. The summed E-state index contributed by atoms with van der Waals surface area (Å²) < 4.78 is 4.41. The number of ether oxygens (including phenoxy) is 1. The largest absolute Gasteiger partial charge is 0.423 e. The zero-order valence-electron chi connectivity index (χ0n) is 8.50. The van der Waals surface area contributed by atoms with Gasteiger partial charge < -0.3 is 4.74 Å². The fourth-order valence-electron chi connectivity index (χ4n) is 0.849. The Morgan fingerprint density at radius 3 is 2.44 bits per heavy atom. The Balaban J connectivity index is 2.68. The summed E-state index contributed by atoms with van der Waals surface area (Å²) >= 11 is 0.497. The van der Waals surface area contributed by atoms with Gasteiger partial charge in [0, 0.05) is 5.57 Å². The van der Waals surface area contributed by atoms with Crippen molar-refractivity contribution >= 4 is 17.9 Å². The first kappa shape index (κ1) is 12.3. The van der Waals surface area contributed by atoms with Gasteiger partial charge in [0.25, 0.3) is 11.9 Å². The average Bonchev–Trinajstić information content (AvgIpc) is 2.20. The molecule has 0 aliphatic carbocycles. The average molecular weight is 239 g/mol. The van der Waals surface area contributed by atoms with Crippen molar-refractivity contribution in [2.24, 2.45) is 0 Å². The van der Waals surface area contributed by atoms with Crippen LogP contribution in [0, 0.1) is 10.1 Å². The van der Waals surface area contributed by atoms with Crippen molar-refractivity contribution in [1.29, 1.82) is 0 Å². The third-order valence-corrected chi connectivity index (χ3v) is 2.19. The zero-order valence-corrected chi connectivity index (χ0v) is 9.32. The summed E-state index contributed by atoms with van der Waals surface area (Å²) in [5, 5.41) is 10.2. The molecule has 0 aliphatic heterocycles. The maximum absolute atomic E-state index is 11.1. The van der Waals surface area contributed by atoms with Crippen LogP contribution in [0.3, 0.4) is 0 Å². The van der Waals surface area contributed by atoms with Crippen molar-refractivity contribution in [3.05, 3.63) is 46.5 Å². The van der Waals surface area contributed by atoms with E-state index in [0.717, 1.165) is 0 Å². The van der Waals surface area contributed by atoms with Gasteiger partial charge in [0.1, 0.15) is 10.1 Å². The Bertz CT molecular complexity index is 427. The van der Waals surface area contributed by atoms with Crippen molar-refractivity contribution in [1.82, 2.24) is 0 Å². The van der Waals surface area contributed by atoms with E-state index in [1.165, 1.54) is 24.3 Å². The lowest BCUT2D eigenvalue weighted by Crippen LogP contribution is -2.07. The predicted octanol–water partition coefficient (Wildman–Crippen LogP) is 2.45. The molecule has 84 valence electrons. The molecule has 1 rings (SSSR count). The molecule has 0 spiro atoms. The van der Waals surface area contributed by atoms with E-state index < -0.39 is 10.3 Å². The van der Waals surface area contributed by atoms with Crippen LogP contribution in [0.2, 0.25) is 0 Å². The number of benzene rings is 1. The molecular formula is C10H9NO4S. The minimum absolute atomic E-state index is 0.295. The van der Waals surface area contributed by atoms with Gasteiger partial charge in [0.2, 0.25) is 0 Å². The molecule has 0 bridgehead atoms. The molecule has 0 aromatic heterocycles. The lowest BCUT2D eigenvalue weighted by Gasteiger charge is -2.02. The van der Waals surface area contributed by atoms with Crippen molar-refractivity contribution in [2.45, 2.75) is 11.8 Å². The Hall–Kier alpha value is -1.82. The minimum atomic E-state index is -0.519. The highest BCUT2D eigenvalue weighted by atomic mass is 32.2. The topological polar surface area (TPSA) is 69.4 Å². The minimum Gasteiger partial charge on any atom is -0.423 e. The highest BCUT2D eigenvalue weighted by molar-refractivity contribution is 7.93. The molecule has 0 atom stereocenters. The summed E-state index contributed by atoms with van der Waals surface area (Å²) in [7, 11) is 0. The lowest BCUT2D eigenvalue weighted by atomic mass is 10.3. The van der Waals surface area contributed by atoms with Gasteiger partial charge >= 0.3 is 5.97 Å². The molecule has 0 aliphatic rings. The highest BCUT2D eigenvalue weighted by Crippen LogP contribution is 2.21. The smallest absolute Gasteiger partial charge is 0.338 e. The van der Waals surface area contributed by atoms with Crippen molar-refractivity contribution in [2.75, 3.05) is 0 Å². The number of carbonyl (C=O) groups excluding carboxylic acids is 1. The summed E-state index contributed by atoms with van der Waals surface area (Å²) in [5.74, 6) is -0.185. The van der Waals surface area contributed by atoms with Crippen molar-refractivity contribution in [3.63, 3.8) is 0 Å². The van der Waals surface area contributed by atoms with Gasteiger partial charge in [-0.05, 0) is 31.2 Å². The first-order valence-corrected chi connectivity index (χ1v) is 5.06. The maximum atomic E-state index is 11.1. The van der Waals surface area contributed by atoms with E-state index in [9.17, 15) is 14.9 Å². The summed E-state index contributed by atoms with van der Waals surface area (Å²) in [6.45, 7) is 4.98. The molecule has 0 amide bonds. The fourth-order valence-corrected chi connectivity index (χ4v) is 1.28. The molecule has 0 fully saturated rings. The number of hydrogen-bond donors (Lipinski definition) is 0. The van der Waals surface area contributed by atoms with Crippen LogP contribution < -0.4 is 4.74 Å². The van der Waals surface area contributed by atoms with E-state index >= 15 is 0 Å². The summed E-state index contributed by atoms with van der Waals surface area (Å²) in [6, 6.07) is 6.00. The van der Waals surface area contributed by atoms with Gasteiger partial charge in [0.15, 0.2) is 0 Å². The summed E-state index contributed by atoms with van der Waals surface area (Å²) in [5.41, 5.74) is 0.295. The van der Waals surface area contributed by atoms with Gasteiger partial charge in [-0.15, -0.1) is 0 Å². The van der Waals surface area contributed by atoms with E-state index in [-0.39, 0.29) is 0 Å². The van der Waals surface area contributed by atoms with Crippen molar-refractivity contribution in [3.8, 4) is 5.75 Å². The second kappa shape index (κ2) is 5.32. The quantitative estimate of drug-likeness (QED) is 0.201. The standard InChI is InChI=1S/C10H9NO4S/c1-7(2)10(12)15-8-3-5-9(6-4-8)16-11(13)14/h3-6H,1H2,2H3. The third kappa shape index (κ3) is 3.74. The number of nitro groups is 1. The van der Waals surface area contributed by atoms with Crippen LogP contribution in [0.5, 0.6) is 5.75 Å². The van der Waals surface area contributed by atoms with E-state index in [1.807, 2.05) is 0 Å². The van der Waals surface area contributed by atoms with E-state index in [1.54, 1.807) is 6.92 Å². The molecule has 5 nitrogen and oxygen atoms in total. The molecule has 0 saturated carbocycles. The normalized spacial score (nSPS) is 9.56. The molecule has 0 saturated heterocycles. The SMILES string of the molecule is C=C(C)C(=O)Oc1ccc(S[N+](=O)[O-])cc1. The number of rotatable bonds is 4. The molecule has 1 aromatic rings. The van der Waals surface area contributed by atoms with Crippen LogP contribution in [0.4, 0.5) is 0 Å². The molecule has 1 aromatic carbocycles. The number of nitrogens with zero attached hydrogens (tertiary/aromatic N) is 1. The summed E-state index contributed by atoms with van der Waals surface area (Å²) in [4.78, 5) is 21.8. The Kier molecular flexibility index (Phi) is 4.07. The fraction of sp³-hybridized carbons (Fsp3) is 0.100. The number of carbonyl (C=O) groups is 1. The molecule has 16 heavy (non-hydrogen) atoms. The molecule has 0 radical (unpaired) electrons. The van der Waals surface area contributed by atoms with Crippen LogP contribution in [0.1, 0.15) is 6.92 Å². The van der Waals surface area contributed by atoms with Crippen LogP contribution in [-0.2, 0) is 4.79 Å². The molecule has 0 heterocycles. The van der Waals surface area contributed by atoms with Crippen LogP contribution in [0.15, 0.2) is 41.3 Å².